The van der Waals surface area contributed by atoms with E-state index >= 15 is 0 Å². The Morgan fingerprint density at radius 1 is 0.594 bits per heavy atom. The zero-order valence-corrected chi connectivity index (χ0v) is 18.2. The molecule has 0 spiro atoms. The lowest BCUT2D eigenvalue weighted by Gasteiger charge is -2.43. The minimum absolute atomic E-state index is 0.344. The van der Waals surface area contributed by atoms with E-state index in [2.05, 4.69) is 0 Å². The molecule has 32 heavy (non-hydrogen) atoms. The first-order valence-electron chi connectivity index (χ1n) is 11.0. The van der Waals surface area contributed by atoms with Gasteiger partial charge in [0.25, 0.3) is 0 Å². The lowest BCUT2D eigenvalue weighted by Crippen LogP contribution is -2.59. The van der Waals surface area contributed by atoms with Crippen molar-refractivity contribution in [1.29, 1.82) is 0 Å². The van der Waals surface area contributed by atoms with Gasteiger partial charge in [-0.1, -0.05) is 91.0 Å². The zero-order valence-electron chi connectivity index (χ0n) is 18.2. The SMILES string of the molecule is CC1O[C@@H](O)[C@@H](OCc2ccccc2)[C@@H](OCc2ccccc2)[C@@H]1OCc1ccccc1. The van der Waals surface area contributed by atoms with Crippen LogP contribution in [0.15, 0.2) is 91.0 Å². The molecule has 3 aromatic carbocycles. The summed E-state index contributed by atoms with van der Waals surface area (Å²) in [5.41, 5.74) is 3.13. The highest BCUT2D eigenvalue weighted by molar-refractivity contribution is 5.15. The number of aliphatic hydroxyl groups excluding tert-OH is 1. The van der Waals surface area contributed by atoms with Crippen LogP contribution in [0.5, 0.6) is 0 Å². The topological polar surface area (TPSA) is 57.2 Å². The van der Waals surface area contributed by atoms with Crippen molar-refractivity contribution in [3.63, 3.8) is 0 Å². The van der Waals surface area contributed by atoms with Crippen molar-refractivity contribution < 1.29 is 24.1 Å². The quantitative estimate of drug-likeness (QED) is 0.538. The third kappa shape index (κ3) is 6.03. The van der Waals surface area contributed by atoms with Gasteiger partial charge in [0.15, 0.2) is 6.29 Å². The fourth-order valence-electron chi connectivity index (χ4n) is 3.89. The van der Waals surface area contributed by atoms with Gasteiger partial charge in [0.2, 0.25) is 0 Å². The van der Waals surface area contributed by atoms with Gasteiger partial charge in [-0.25, -0.2) is 0 Å². The van der Waals surface area contributed by atoms with Crippen molar-refractivity contribution in [3.8, 4) is 0 Å². The van der Waals surface area contributed by atoms with E-state index in [0.29, 0.717) is 19.8 Å². The molecule has 1 saturated heterocycles. The van der Waals surface area contributed by atoms with Crippen LogP contribution in [-0.4, -0.2) is 35.8 Å². The predicted molar refractivity (Wildman–Crippen MR) is 122 cm³/mol. The Hall–Kier alpha value is -2.54. The summed E-state index contributed by atoms with van der Waals surface area (Å²) in [6.07, 6.45) is -3.04. The zero-order chi connectivity index (χ0) is 22.2. The molecule has 1 aliphatic rings. The Labute approximate surface area is 189 Å². The molecule has 4 rings (SSSR count). The van der Waals surface area contributed by atoms with Crippen molar-refractivity contribution in [1.82, 2.24) is 0 Å². The fourth-order valence-corrected chi connectivity index (χ4v) is 3.89. The summed E-state index contributed by atoms with van der Waals surface area (Å²) in [5, 5.41) is 10.7. The van der Waals surface area contributed by atoms with Crippen LogP contribution in [0.25, 0.3) is 0 Å². The van der Waals surface area contributed by atoms with Gasteiger partial charge >= 0.3 is 0 Å². The summed E-state index contributed by atoms with van der Waals surface area (Å²) in [6, 6.07) is 29.8. The van der Waals surface area contributed by atoms with E-state index in [1.54, 1.807) is 0 Å². The lowest BCUT2D eigenvalue weighted by molar-refractivity contribution is -0.308. The first-order valence-corrected chi connectivity index (χ1v) is 11.0. The summed E-state index contributed by atoms with van der Waals surface area (Å²) in [7, 11) is 0. The molecule has 0 radical (unpaired) electrons. The van der Waals surface area contributed by atoms with Crippen LogP contribution < -0.4 is 0 Å². The second kappa shape index (κ2) is 11.4. The maximum atomic E-state index is 10.7. The molecule has 1 aliphatic heterocycles. The molecule has 3 aromatic rings. The molecule has 0 bridgehead atoms. The van der Waals surface area contributed by atoms with Crippen LogP contribution >= 0.6 is 0 Å². The minimum atomic E-state index is -1.11. The van der Waals surface area contributed by atoms with E-state index in [1.807, 2.05) is 97.9 Å². The van der Waals surface area contributed by atoms with Crippen molar-refractivity contribution in [2.45, 2.75) is 57.5 Å². The van der Waals surface area contributed by atoms with E-state index in [1.165, 1.54) is 0 Å². The maximum Gasteiger partial charge on any atom is 0.184 e. The van der Waals surface area contributed by atoms with Gasteiger partial charge in [-0.2, -0.15) is 0 Å². The van der Waals surface area contributed by atoms with Gasteiger partial charge in [0.1, 0.15) is 18.3 Å². The van der Waals surface area contributed by atoms with Gasteiger partial charge in [-0.05, 0) is 23.6 Å². The highest BCUT2D eigenvalue weighted by Crippen LogP contribution is 2.29. The Balaban J connectivity index is 1.50. The highest BCUT2D eigenvalue weighted by Gasteiger charge is 2.46. The first-order chi connectivity index (χ1) is 15.7. The van der Waals surface area contributed by atoms with Crippen molar-refractivity contribution in [3.05, 3.63) is 108 Å². The van der Waals surface area contributed by atoms with E-state index in [9.17, 15) is 5.11 Å². The van der Waals surface area contributed by atoms with Gasteiger partial charge in [0, 0.05) is 0 Å². The molecule has 1 fully saturated rings. The summed E-state index contributed by atoms with van der Waals surface area (Å²) >= 11 is 0. The largest absolute Gasteiger partial charge is 0.368 e. The van der Waals surface area contributed by atoms with Crippen LogP contribution in [0.1, 0.15) is 23.6 Å². The van der Waals surface area contributed by atoms with E-state index < -0.39 is 24.6 Å². The molecule has 5 nitrogen and oxygen atoms in total. The second-order valence-corrected chi connectivity index (χ2v) is 8.02. The molecule has 1 heterocycles. The number of hydrogen-bond acceptors (Lipinski definition) is 5. The Bertz CT molecular complexity index is 863. The number of benzene rings is 3. The number of aliphatic hydroxyl groups is 1. The summed E-state index contributed by atoms with van der Waals surface area (Å²) in [5.74, 6) is 0. The third-order valence-electron chi connectivity index (χ3n) is 5.60. The van der Waals surface area contributed by atoms with Crippen LogP contribution in [0, 0.1) is 0 Å². The lowest BCUT2D eigenvalue weighted by atomic mass is 9.98. The summed E-state index contributed by atoms with van der Waals surface area (Å²) in [6.45, 7) is 3.05. The molecule has 5 atom stereocenters. The first kappa shape index (κ1) is 22.6. The highest BCUT2D eigenvalue weighted by atomic mass is 16.7. The molecule has 1 unspecified atom stereocenters. The molecule has 168 valence electrons. The monoisotopic (exact) mass is 434 g/mol. The Kier molecular flexibility index (Phi) is 8.04. The molecule has 1 N–H and O–H groups in total. The summed E-state index contributed by atoms with van der Waals surface area (Å²) < 4.78 is 24.5. The predicted octanol–water partition coefficient (Wildman–Crippen LogP) is 4.48. The molecular weight excluding hydrogens is 404 g/mol. The van der Waals surface area contributed by atoms with Crippen molar-refractivity contribution >= 4 is 0 Å². The van der Waals surface area contributed by atoms with Gasteiger partial charge in [0.05, 0.1) is 25.9 Å². The molecule has 0 saturated carbocycles. The van der Waals surface area contributed by atoms with Gasteiger partial charge in [-0.15, -0.1) is 0 Å². The molecule has 0 aromatic heterocycles. The maximum absolute atomic E-state index is 10.7. The van der Waals surface area contributed by atoms with Crippen LogP contribution in [0.2, 0.25) is 0 Å². The smallest absolute Gasteiger partial charge is 0.184 e. The van der Waals surface area contributed by atoms with E-state index in [-0.39, 0.29) is 6.10 Å². The van der Waals surface area contributed by atoms with E-state index in [0.717, 1.165) is 16.7 Å². The molecular formula is C27H30O5. The molecule has 0 aliphatic carbocycles. The van der Waals surface area contributed by atoms with Crippen molar-refractivity contribution in [2.24, 2.45) is 0 Å². The number of rotatable bonds is 9. The second-order valence-electron chi connectivity index (χ2n) is 8.02. The Morgan fingerprint density at radius 3 is 1.41 bits per heavy atom. The fraction of sp³-hybridized carbons (Fsp3) is 0.333. The average Bonchev–Trinajstić information content (AvgIpc) is 2.83. The average molecular weight is 435 g/mol. The van der Waals surface area contributed by atoms with Crippen LogP contribution in [0.3, 0.4) is 0 Å². The van der Waals surface area contributed by atoms with Gasteiger partial charge in [-0.3, -0.25) is 0 Å². The van der Waals surface area contributed by atoms with Crippen LogP contribution in [-0.2, 0) is 38.8 Å². The number of hydrogen-bond donors (Lipinski definition) is 1. The Morgan fingerprint density at radius 2 is 0.969 bits per heavy atom. The number of ether oxygens (including phenoxy) is 4. The van der Waals surface area contributed by atoms with Crippen LogP contribution in [0.4, 0.5) is 0 Å². The minimum Gasteiger partial charge on any atom is -0.368 e. The third-order valence-corrected chi connectivity index (χ3v) is 5.60. The molecule has 0 amide bonds. The molecule has 5 heteroatoms. The van der Waals surface area contributed by atoms with Gasteiger partial charge < -0.3 is 24.1 Å². The van der Waals surface area contributed by atoms with Crippen molar-refractivity contribution in [2.75, 3.05) is 0 Å². The normalized spacial score (nSPS) is 25.5. The standard InChI is InChI=1S/C27H30O5/c1-20-24(29-17-21-11-5-2-6-12-21)25(30-18-22-13-7-3-8-14-22)26(27(28)32-20)31-19-23-15-9-4-10-16-23/h2-16,20,24-28H,17-19H2,1H3/t20?,24-,25+,26+,27-/m1/s1. The summed E-state index contributed by atoms with van der Waals surface area (Å²) in [4.78, 5) is 0. The van der Waals surface area contributed by atoms with E-state index in [4.69, 9.17) is 18.9 Å².